The van der Waals surface area contributed by atoms with Gasteiger partial charge in [0.25, 0.3) is 0 Å². The molecule has 1 aromatic rings. The van der Waals surface area contributed by atoms with E-state index >= 15 is 0 Å². The van der Waals surface area contributed by atoms with E-state index in [0.29, 0.717) is 17.9 Å². The van der Waals surface area contributed by atoms with Gasteiger partial charge in [0, 0.05) is 12.0 Å². The maximum atomic E-state index is 11.4. The molecule has 0 aromatic carbocycles. The number of unbranched alkanes of at least 4 members (excludes halogenated alkanes) is 4. The first-order valence-corrected chi connectivity index (χ1v) is 11.6. The summed E-state index contributed by atoms with van der Waals surface area (Å²) in [7, 11) is -8.18. The van der Waals surface area contributed by atoms with Crippen LogP contribution in [0.3, 0.4) is 0 Å². The Kier molecular flexibility index (Phi) is 8.75. The SMILES string of the molecule is CCCCCCCOc1cc(CC(P(=O)(O)O)P(=O)(O)O)c[n+](C)c1. The van der Waals surface area contributed by atoms with Gasteiger partial charge in [0.05, 0.1) is 6.61 Å². The molecule has 0 unspecified atom stereocenters. The van der Waals surface area contributed by atoms with Gasteiger partial charge in [-0.05, 0) is 12.5 Å². The average Bonchev–Trinajstić information content (AvgIpc) is 2.45. The molecular formula is C15H28NO7P2+. The van der Waals surface area contributed by atoms with Crippen LogP contribution in [0.5, 0.6) is 5.75 Å². The summed E-state index contributed by atoms with van der Waals surface area (Å²) in [6.45, 7) is 2.66. The molecule has 1 heterocycles. The molecule has 0 amide bonds. The van der Waals surface area contributed by atoms with E-state index in [9.17, 15) is 28.7 Å². The van der Waals surface area contributed by atoms with Crippen molar-refractivity contribution < 1.29 is 38.0 Å². The molecule has 0 aliphatic carbocycles. The number of aryl methyl sites for hydroxylation is 1. The molecular weight excluding hydrogens is 368 g/mol. The van der Waals surface area contributed by atoms with E-state index in [1.54, 1.807) is 30.1 Å². The van der Waals surface area contributed by atoms with E-state index in [1.165, 1.54) is 12.8 Å². The molecule has 0 saturated heterocycles. The Labute approximate surface area is 148 Å². The van der Waals surface area contributed by atoms with Crippen LogP contribution in [-0.2, 0) is 22.6 Å². The Morgan fingerprint density at radius 2 is 1.64 bits per heavy atom. The zero-order chi connectivity index (χ0) is 19.1. The molecule has 0 bridgehead atoms. The number of hydrogen-bond donors (Lipinski definition) is 4. The Morgan fingerprint density at radius 1 is 1.04 bits per heavy atom. The average molecular weight is 396 g/mol. The maximum absolute atomic E-state index is 11.4. The molecule has 1 rings (SSSR count). The molecule has 0 atom stereocenters. The van der Waals surface area contributed by atoms with Crippen molar-refractivity contribution in [1.82, 2.24) is 0 Å². The Balaban J connectivity index is 2.76. The van der Waals surface area contributed by atoms with E-state index < -0.39 is 27.0 Å². The zero-order valence-corrected chi connectivity index (χ0v) is 16.4. The van der Waals surface area contributed by atoms with Crippen LogP contribution in [0.25, 0.3) is 0 Å². The van der Waals surface area contributed by atoms with Crippen molar-refractivity contribution in [1.29, 1.82) is 0 Å². The lowest BCUT2D eigenvalue weighted by molar-refractivity contribution is -0.672. The maximum Gasteiger partial charge on any atom is 0.341 e. The van der Waals surface area contributed by atoms with Crippen molar-refractivity contribution in [2.45, 2.75) is 50.8 Å². The molecule has 0 saturated carbocycles. The van der Waals surface area contributed by atoms with Crippen LogP contribution >= 0.6 is 15.2 Å². The smallest absolute Gasteiger partial charge is 0.341 e. The van der Waals surface area contributed by atoms with Gasteiger partial charge in [0.15, 0.2) is 17.3 Å². The molecule has 10 heteroatoms. The van der Waals surface area contributed by atoms with Gasteiger partial charge >= 0.3 is 15.2 Å². The molecule has 0 aliphatic heterocycles. The van der Waals surface area contributed by atoms with Gasteiger partial charge in [0.2, 0.25) is 6.20 Å². The van der Waals surface area contributed by atoms with Crippen molar-refractivity contribution in [3.05, 3.63) is 24.0 Å². The molecule has 0 spiro atoms. The fourth-order valence-electron chi connectivity index (χ4n) is 2.49. The molecule has 144 valence electrons. The third kappa shape index (κ3) is 8.45. The molecule has 0 aliphatic rings. The first-order valence-electron chi connectivity index (χ1n) is 8.26. The van der Waals surface area contributed by atoms with Crippen LogP contribution in [0.1, 0.15) is 44.6 Å². The fraction of sp³-hybridized carbons (Fsp3) is 0.667. The van der Waals surface area contributed by atoms with Crippen molar-refractivity contribution in [2.75, 3.05) is 6.61 Å². The normalized spacial score (nSPS) is 12.6. The number of ether oxygens (including phenoxy) is 1. The summed E-state index contributed by atoms with van der Waals surface area (Å²) in [5.74, 6) is 0.505. The molecule has 0 radical (unpaired) electrons. The third-order valence-corrected chi connectivity index (χ3v) is 7.46. The second-order valence-electron chi connectivity index (χ2n) is 6.17. The van der Waals surface area contributed by atoms with E-state index in [-0.39, 0.29) is 0 Å². The molecule has 8 nitrogen and oxygen atoms in total. The second-order valence-corrected chi connectivity index (χ2v) is 10.2. The molecule has 4 N–H and O–H groups in total. The highest BCUT2D eigenvalue weighted by Crippen LogP contribution is 2.60. The van der Waals surface area contributed by atoms with Gasteiger partial charge in [-0.25, -0.2) is 4.57 Å². The van der Waals surface area contributed by atoms with Crippen LogP contribution < -0.4 is 9.30 Å². The number of nitrogens with zero attached hydrogens (tertiary/aromatic N) is 1. The summed E-state index contributed by atoms with van der Waals surface area (Å²) < 4.78 is 30.1. The summed E-state index contributed by atoms with van der Waals surface area (Å²) in [5.41, 5.74) is 0.391. The number of hydrogen-bond acceptors (Lipinski definition) is 3. The van der Waals surface area contributed by atoms with E-state index in [4.69, 9.17) is 4.74 Å². The summed E-state index contributed by atoms with van der Waals surface area (Å²) in [5, 5.41) is -2.05. The summed E-state index contributed by atoms with van der Waals surface area (Å²) >= 11 is 0. The molecule has 0 fully saturated rings. The first-order chi connectivity index (χ1) is 11.5. The lowest BCUT2D eigenvalue weighted by atomic mass is 10.2. The van der Waals surface area contributed by atoms with Crippen LogP contribution in [0, 0.1) is 0 Å². The minimum Gasteiger partial charge on any atom is -0.487 e. The number of aromatic nitrogens is 1. The largest absolute Gasteiger partial charge is 0.487 e. The zero-order valence-electron chi connectivity index (χ0n) is 14.6. The van der Waals surface area contributed by atoms with Gasteiger partial charge < -0.3 is 24.3 Å². The highest BCUT2D eigenvalue weighted by molar-refractivity contribution is 7.70. The second kappa shape index (κ2) is 9.81. The van der Waals surface area contributed by atoms with Crippen molar-refractivity contribution in [2.24, 2.45) is 7.05 Å². The van der Waals surface area contributed by atoms with Crippen LogP contribution in [0.4, 0.5) is 0 Å². The predicted molar refractivity (Wildman–Crippen MR) is 93.5 cm³/mol. The summed E-state index contributed by atoms with van der Waals surface area (Å²) in [4.78, 5) is 37.0. The Bertz CT molecular complexity index is 619. The Hall–Kier alpha value is -0.750. The van der Waals surface area contributed by atoms with Crippen molar-refractivity contribution >= 4 is 15.2 Å². The highest BCUT2D eigenvalue weighted by Gasteiger charge is 2.43. The Morgan fingerprint density at radius 3 is 2.20 bits per heavy atom. The van der Waals surface area contributed by atoms with Gasteiger partial charge in [0.1, 0.15) is 7.05 Å². The van der Waals surface area contributed by atoms with E-state index in [1.807, 2.05) is 0 Å². The van der Waals surface area contributed by atoms with Crippen molar-refractivity contribution in [3.63, 3.8) is 0 Å². The lowest BCUT2D eigenvalue weighted by Crippen LogP contribution is -2.28. The number of pyridine rings is 1. The standard InChI is InChI=1S/C15H27NO7P2/c1-3-4-5-6-7-8-23-14-9-13(11-16(2)12-14)10-15(24(17,18)19)25(20,21)22/h9,11-12,15H,3-8,10H2,1-2H3,(H3-,17,18,19,20,21,22)/p+1. The van der Waals surface area contributed by atoms with Gasteiger partial charge in [-0.2, -0.15) is 0 Å². The number of rotatable bonds is 11. The quantitative estimate of drug-likeness (QED) is 0.256. The van der Waals surface area contributed by atoms with Crippen LogP contribution in [0.15, 0.2) is 18.5 Å². The van der Waals surface area contributed by atoms with Gasteiger partial charge in [-0.15, -0.1) is 0 Å². The van der Waals surface area contributed by atoms with Crippen LogP contribution in [0.2, 0.25) is 0 Å². The third-order valence-electron chi connectivity index (χ3n) is 3.74. The predicted octanol–water partition coefficient (Wildman–Crippen LogP) is 2.08. The molecule has 1 aromatic heterocycles. The first kappa shape index (κ1) is 22.3. The topological polar surface area (TPSA) is 128 Å². The summed E-state index contributed by atoms with van der Waals surface area (Å²) in [6.07, 6.45) is 8.32. The fourth-order valence-corrected chi connectivity index (χ4v) is 4.95. The van der Waals surface area contributed by atoms with E-state index in [0.717, 1.165) is 19.3 Å². The van der Waals surface area contributed by atoms with E-state index in [2.05, 4.69) is 6.92 Å². The highest BCUT2D eigenvalue weighted by atomic mass is 31.2. The lowest BCUT2D eigenvalue weighted by Gasteiger charge is -2.19. The molecule has 25 heavy (non-hydrogen) atoms. The summed E-state index contributed by atoms with van der Waals surface area (Å²) in [6, 6.07) is 1.56. The van der Waals surface area contributed by atoms with Crippen LogP contribution in [-0.4, -0.2) is 31.6 Å². The van der Waals surface area contributed by atoms with Gasteiger partial charge in [-0.1, -0.05) is 32.6 Å². The minimum absolute atomic E-state index is 0.391. The van der Waals surface area contributed by atoms with Gasteiger partial charge in [-0.3, -0.25) is 9.13 Å². The monoisotopic (exact) mass is 396 g/mol. The van der Waals surface area contributed by atoms with Crippen molar-refractivity contribution in [3.8, 4) is 5.75 Å². The minimum atomic E-state index is -4.94.